The van der Waals surface area contributed by atoms with Crippen LogP contribution in [0.3, 0.4) is 0 Å². The number of anilines is 1. The Hall–Kier alpha value is -3.75. The monoisotopic (exact) mass is 632 g/mol. The predicted octanol–water partition coefficient (Wildman–Crippen LogP) is 7.75. The first-order valence-corrected chi connectivity index (χ1v) is 16.0. The van der Waals surface area contributed by atoms with Crippen molar-refractivity contribution < 1.29 is 29.3 Å². The molecule has 2 heterocycles. The fourth-order valence-corrected chi connectivity index (χ4v) is 7.31. The standard InChI is InChI=1S/C18H20ClNO3.C18H21NO3/c1-18(2,3)23-17(22)20-10-11(9-19)16-13-7-5-4-6-12(13)15(21)8-14(16)20;1-17(2,3)22-16(21)19-10-11-9-18(11)13-7-5-4-6-12(13)14(20)8-15(18)19/h4-8,11,21H,9-10H2,1-3H3;4-8,11,14,20H,9-10H2,1-3H3/t11-;11-,14?,18-/m11/s1. The molecule has 0 bridgehead atoms. The minimum Gasteiger partial charge on any atom is -0.507 e. The number of fused-ring (bicyclic) bond motifs is 4. The van der Waals surface area contributed by atoms with Gasteiger partial charge in [-0.15, -0.1) is 11.6 Å². The van der Waals surface area contributed by atoms with Crippen LogP contribution in [0.2, 0.25) is 0 Å². The number of aliphatic hydroxyl groups excluding tert-OH is 1. The van der Waals surface area contributed by atoms with Gasteiger partial charge in [0.2, 0.25) is 0 Å². The second-order valence-electron chi connectivity index (χ2n) is 14.4. The highest BCUT2D eigenvalue weighted by Gasteiger charge is 2.67. The summed E-state index contributed by atoms with van der Waals surface area (Å²) in [5.41, 5.74) is 3.60. The minimum absolute atomic E-state index is 0.0182. The number of alkyl halides is 1. The van der Waals surface area contributed by atoms with E-state index in [0.717, 1.165) is 34.0 Å². The molecule has 2 fully saturated rings. The summed E-state index contributed by atoms with van der Waals surface area (Å²) in [6.45, 7) is 12.3. The van der Waals surface area contributed by atoms with Crippen molar-refractivity contribution in [2.24, 2.45) is 5.92 Å². The summed E-state index contributed by atoms with van der Waals surface area (Å²) in [5, 5.41) is 22.4. The lowest BCUT2D eigenvalue weighted by Crippen LogP contribution is -2.37. The number of aromatic hydroxyl groups is 1. The van der Waals surface area contributed by atoms with Crippen LogP contribution in [-0.4, -0.2) is 57.5 Å². The Bertz CT molecular complexity index is 1710. The fourth-order valence-electron chi connectivity index (χ4n) is 7.06. The van der Waals surface area contributed by atoms with E-state index in [1.165, 1.54) is 5.56 Å². The average Bonchev–Trinajstić information content (AvgIpc) is 3.40. The number of phenolic OH excluding ortho intramolecular Hbond substituents is 1. The number of piperidine rings is 1. The summed E-state index contributed by atoms with van der Waals surface area (Å²) < 4.78 is 11.0. The molecule has 0 radical (unpaired) electrons. The number of nitrogens with zero attached hydrogens (tertiary/aromatic N) is 2. The number of carbonyl (C=O) groups excluding carboxylic acids is 2. The molecule has 1 saturated carbocycles. The molecule has 2 N–H and O–H groups in total. The number of hydrogen-bond donors (Lipinski definition) is 2. The molecule has 2 aliphatic carbocycles. The first-order chi connectivity index (χ1) is 21.1. The maximum atomic E-state index is 12.5. The van der Waals surface area contributed by atoms with Crippen LogP contribution in [0.1, 0.15) is 76.7 Å². The maximum Gasteiger partial charge on any atom is 0.414 e. The molecule has 4 atom stereocenters. The Balaban J connectivity index is 0.000000159. The van der Waals surface area contributed by atoms with Gasteiger partial charge in [0.25, 0.3) is 0 Å². The van der Waals surface area contributed by atoms with Crippen LogP contribution in [0.5, 0.6) is 5.75 Å². The number of phenols is 1. The Morgan fingerprint density at radius 2 is 1.51 bits per heavy atom. The molecule has 7 rings (SSSR count). The molecule has 45 heavy (non-hydrogen) atoms. The molecule has 8 nitrogen and oxygen atoms in total. The van der Waals surface area contributed by atoms with Gasteiger partial charge >= 0.3 is 12.2 Å². The van der Waals surface area contributed by atoms with Crippen LogP contribution in [0.15, 0.2) is 66.4 Å². The molecule has 1 spiro atoms. The highest BCUT2D eigenvalue weighted by atomic mass is 35.5. The van der Waals surface area contributed by atoms with Crippen LogP contribution in [0.25, 0.3) is 10.8 Å². The number of aliphatic hydroxyl groups is 1. The number of ether oxygens (including phenoxy) is 2. The number of halogens is 1. The van der Waals surface area contributed by atoms with E-state index in [-0.39, 0.29) is 23.2 Å². The minimum atomic E-state index is -0.652. The van der Waals surface area contributed by atoms with Crippen molar-refractivity contribution in [3.05, 3.63) is 83.1 Å². The van der Waals surface area contributed by atoms with Crippen LogP contribution in [-0.2, 0) is 14.9 Å². The molecule has 0 aromatic heterocycles. The molecule has 238 valence electrons. The van der Waals surface area contributed by atoms with E-state index < -0.39 is 23.4 Å². The number of benzene rings is 3. The molecule has 3 aromatic rings. The number of amides is 2. The summed E-state index contributed by atoms with van der Waals surface area (Å²) in [6.07, 6.45) is 1.51. The number of rotatable bonds is 1. The van der Waals surface area contributed by atoms with Gasteiger partial charge in [0.1, 0.15) is 17.0 Å². The van der Waals surface area contributed by atoms with Crippen molar-refractivity contribution in [2.45, 2.75) is 76.6 Å². The predicted molar refractivity (Wildman–Crippen MR) is 175 cm³/mol. The zero-order valence-electron chi connectivity index (χ0n) is 26.6. The molecule has 2 aliphatic heterocycles. The Labute approximate surface area is 269 Å². The number of likely N-dealkylation sites (tertiary alicyclic amines) is 1. The van der Waals surface area contributed by atoms with Gasteiger partial charge in [0.15, 0.2) is 0 Å². The third-order valence-corrected chi connectivity index (χ3v) is 9.26. The van der Waals surface area contributed by atoms with E-state index in [1.807, 2.05) is 90.1 Å². The normalized spacial score (nSPS) is 24.4. The lowest BCUT2D eigenvalue weighted by atomic mass is 9.81. The zero-order chi connectivity index (χ0) is 32.5. The third kappa shape index (κ3) is 5.52. The summed E-state index contributed by atoms with van der Waals surface area (Å²) in [5.74, 6) is 1.02. The Morgan fingerprint density at radius 3 is 2.16 bits per heavy atom. The van der Waals surface area contributed by atoms with E-state index in [4.69, 9.17) is 21.1 Å². The van der Waals surface area contributed by atoms with Crippen LogP contribution >= 0.6 is 11.6 Å². The quantitative estimate of drug-likeness (QED) is 0.266. The fraction of sp³-hybridized carbons (Fsp3) is 0.444. The van der Waals surface area contributed by atoms with E-state index in [9.17, 15) is 19.8 Å². The summed E-state index contributed by atoms with van der Waals surface area (Å²) in [6, 6.07) is 17.3. The summed E-state index contributed by atoms with van der Waals surface area (Å²) in [7, 11) is 0. The lowest BCUT2D eigenvalue weighted by Gasteiger charge is -2.33. The maximum absolute atomic E-state index is 12.5. The summed E-state index contributed by atoms with van der Waals surface area (Å²) in [4.78, 5) is 28.3. The largest absolute Gasteiger partial charge is 0.507 e. The van der Waals surface area contributed by atoms with Crippen molar-refractivity contribution in [3.8, 4) is 5.75 Å². The van der Waals surface area contributed by atoms with E-state index in [2.05, 4.69) is 6.07 Å². The number of allylic oxidation sites excluding steroid dienone is 1. The third-order valence-electron chi connectivity index (χ3n) is 8.89. The molecule has 3 aromatic carbocycles. The molecular weight excluding hydrogens is 592 g/mol. The Morgan fingerprint density at radius 1 is 0.911 bits per heavy atom. The van der Waals surface area contributed by atoms with E-state index >= 15 is 0 Å². The number of hydrogen-bond acceptors (Lipinski definition) is 6. The molecule has 4 aliphatic rings. The molecule has 9 heteroatoms. The Kier molecular flexibility index (Phi) is 7.60. The smallest absolute Gasteiger partial charge is 0.414 e. The average molecular weight is 633 g/mol. The van der Waals surface area contributed by atoms with Crippen molar-refractivity contribution >= 4 is 40.2 Å². The van der Waals surface area contributed by atoms with Gasteiger partial charge in [-0.25, -0.2) is 9.59 Å². The van der Waals surface area contributed by atoms with Crippen molar-refractivity contribution in [2.75, 3.05) is 23.9 Å². The van der Waals surface area contributed by atoms with Crippen molar-refractivity contribution in [1.82, 2.24) is 4.90 Å². The topological polar surface area (TPSA) is 99.5 Å². The molecule has 1 saturated heterocycles. The van der Waals surface area contributed by atoms with Crippen LogP contribution in [0, 0.1) is 5.92 Å². The number of carbonyl (C=O) groups is 2. The lowest BCUT2D eigenvalue weighted by molar-refractivity contribution is 0.0318. The molecule has 2 amide bonds. The van der Waals surface area contributed by atoms with Gasteiger partial charge in [-0.1, -0.05) is 48.5 Å². The van der Waals surface area contributed by atoms with Gasteiger partial charge < -0.3 is 19.7 Å². The van der Waals surface area contributed by atoms with Crippen LogP contribution in [0.4, 0.5) is 15.3 Å². The second-order valence-corrected chi connectivity index (χ2v) is 14.7. The summed E-state index contributed by atoms with van der Waals surface area (Å²) >= 11 is 6.14. The van der Waals surface area contributed by atoms with Gasteiger partial charge in [-0.2, -0.15) is 0 Å². The van der Waals surface area contributed by atoms with Gasteiger partial charge in [0.05, 0.1) is 11.8 Å². The van der Waals surface area contributed by atoms with E-state index in [0.29, 0.717) is 30.6 Å². The first-order valence-electron chi connectivity index (χ1n) is 15.5. The highest BCUT2D eigenvalue weighted by molar-refractivity contribution is 6.19. The SMILES string of the molecule is CC(C)(C)OC(=O)N1C[C@@H](CCl)c2c1cc(O)c1ccccc21.CC(C)(C)OC(=O)N1C[C@H]2C[C@@]23C1=CC(O)c1ccccc13. The first kappa shape index (κ1) is 31.2. The van der Waals surface area contributed by atoms with Crippen LogP contribution < -0.4 is 4.90 Å². The van der Waals surface area contributed by atoms with Gasteiger partial charge in [-0.3, -0.25) is 9.80 Å². The second kappa shape index (κ2) is 11.0. The highest BCUT2D eigenvalue weighted by Crippen LogP contribution is 2.67. The molecule has 1 unspecified atom stereocenters. The molecular formula is C36H41ClN2O6. The van der Waals surface area contributed by atoms with Crippen molar-refractivity contribution in [3.63, 3.8) is 0 Å². The van der Waals surface area contributed by atoms with Crippen molar-refractivity contribution in [1.29, 1.82) is 0 Å². The van der Waals surface area contributed by atoms with Gasteiger partial charge in [0, 0.05) is 47.5 Å². The zero-order valence-corrected chi connectivity index (χ0v) is 27.4. The van der Waals surface area contributed by atoms with Gasteiger partial charge in [-0.05, 0) is 82.0 Å². The van der Waals surface area contributed by atoms with E-state index in [1.54, 1.807) is 15.9 Å².